The Morgan fingerprint density at radius 2 is 2.00 bits per heavy atom. The lowest BCUT2D eigenvalue weighted by atomic mass is 10.2. The van der Waals surface area contributed by atoms with Gasteiger partial charge in [-0.25, -0.2) is 9.18 Å². The monoisotopic (exact) mass is 345 g/mol. The molecular weight excluding hydrogens is 329 g/mol. The quantitative estimate of drug-likeness (QED) is 0.688. The second kappa shape index (κ2) is 7.56. The standard InChI is InChI=1S/C16H16FN5O3/c1-2-24-16(23)18-9-10-25-14-8-7-13-19-20-15(22(13)21-14)11-3-5-12(17)6-4-11/h3-8H,2,9-10H2,1H3,(H,18,23). The second-order valence-corrected chi connectivity index (χ2v) is 4.97. The first-order chi connectivity index (χ1) is 12.2. The van der Waals surface area contributed by atoms with Crippen LogP contribution in [-0.2, 0) is 4.74 Å². The van der Waals surface area contributed by atoms with Crippen molar-refractivity contribution in [1.29, 1.82) is 0 Å². The minimum atomic E-state index is -0.494. The van der Waals surface area contributed by atoms with E-state index >= 15 is 0 Å². The summed E-state index contributed by atoms with van der Waals surface area (Å²) in [6, 6.07) is 9.26. The Bertz CT molecular complexity index is 866. The SMILES string of the molecule is CCOC(=O)NCCOc1ccc2nnc(-c3ccc(F)cc3)n2n1. The minimum Gasteiger partial charge on any atom is -0.475 e. The molecule has 0 saturated carbocycles. The van der Waals surface area contributed by atoms with Gasteiger partial charge in [0.1, 0.15) is 12.4 Å². The molecule has 1 amide bonds. The fourth-order valence-corrected chi connectivity index (χ4v) is 2.12. The van der Waals surface area contributed by atoms with Crippen LogP contribution in [0.1, 0.15) is 6.92 Å². The number of amides is 1. The summed E-state index contributed by atoms with van der Waals surface area (Å²) in [6.45, 7) is 2.55. The van der Waals surface area contributed by atoms with E-state index in [1.807, 2.05) is 0 Å². The Hall–Kier alpha value is -3.23. The molecule has 0 unspecified atom stereocenters. The molecule has 0 spiro atoms. The van der Waals surface area contributed by atoms with Crippen molar-refractivity contribution in [3.8, 4) is 17.3 Å². The maximum atomic E-state index is 13.1. The number of benzene rings is 1. The molecule has 0 aliphatic heterocycles. The summed E-state index contributed by atoms with van der Waals surface area (Å²) in [7, 11) is 0. The predicted molar refractivity (Wildman–Crippen MR) is 86.7 cm³/mol. The topological polar surface area (TPSA) is 90.6 Å². The molecule has 0 aliphatic carbocycles. The molecule has 3 aromatic rings. The summed E-state index contributed by atoms with van der Waals surface area (Å²) < 4.78 is 24.8. The number of rotatable bonds is 6. The first-order valence-corrected chi connectivity index (χ1v) is 7.69. The highest BCUT2D eigenvalue weighted by Gasteiger charge is 2.10. The van der Waals surface area contributed by atoms with Gasteiger partial charge in [0.25, 0.3) is 0 Å². The summed E-state index contributed by atoms with van der Waals surface area (Å²) in [6.07, 6.45) is -0.494. The third-order valence-corrected chi connectivity index (χ3v) is 3.24. The number of aromatic nitrogens is 4. The Balaban J connectivity index is 1.70. The number of nitrogens with zero attached hydrogens (tertiary/aromatic N) is 4. The zero-order valence-corrected chi connectivity index (χ0v) is 13.5. The van der Waals surface area contributed by atoms with Crippen LogP contribution in [0.25, 0.3) is 17.0 Å². The van der Waals surface area contributed by atoms with Gasteiger partial charge in [0.15, 0.2) is 11.5 Å². The van der Waals surface area contributed by atoms with Gasteiger partial charge in [-0.15, -0.1) is 15.3 Å². The van der Waals surface area contributed by atoms with Crippen LogP contribution in [0.4, 0.5) is 9.18 Å². The molecule has 0 fully saturated rings. The zero-order valence-electron chi connectivity index (χ0n) is 13.5. The number of ether oxygens (including phenoxy) is 2. The summed E-state index contributed by atoms with van der Waals surface area (Å²) in [5, 5.41) is 15.0. The van der Waals surface area contributed by atoms with Gasteiger partial charge in [0, 0.05) is 11.6 Å². The number of hydrogen-bond acceptors (Lipinski definition) is 6. The van der Waals surface area contributed by atoms with Crippen LogP contribution in [0.3, 0.4) is 0 Å². The fraction of sp³-hybridized carbons (Fsp3) is 0.250. The van der Waals surface area contributed by atoms with E-state index in [0.29, 0.717) is 29.5 Å². The van der Waals surface area contributed by atoms with E-state index in [1.54, 1.807) is 31.2 Å². The number of fused-ring (bicyclic) bond motifs is 1. The van der Waals surface area contributed by atoms with Gasteiger partial charge in [-0.1, -0.05) is 0 Å². The van der Waals surface area contributed by atoms with Crippen molar-refractivity contribution in [3.63, 3.8) is 0 Å². The number of carbonyl (C=O) groups is 1. The van der Waals surface area contributed by atoms with Gasteiger partial charge in [-0.05, 0) is 37.3 Å². The van der Waals surface area contributed by atoms with E-state index in [9.17, 15) is 9.18 Å². The summed E-state index contributed by atoms with van der Waals surface area (Å²) >= 11 is 0. The van der Waals surface area contributed by atoms with Crippen molar-refractivity contribution in [2.45, 2.75) is 6.92 Å². The molecule has 2 aromatic heterocycles. The fourth-order valence-electron chi connectivity index (χ4n) is 2.12. The Labute approximate surface area is 142 Å². The molecule has 1 aromatic carbocycles. The van der Waals surface area contributed by atoms with Crippen molar-refractivity contribution in [1.82, 2.24) is 25.1 Å². The van der Waals surface area contributed by atoms with Crippen molar-refractivity contribution in [2.24, 2.45) is 0 Å². The average molecular weight is 345 g/mol. The number of halogens is 1. The Morgan fingerprint density at radius 1 is 1.20 bits per heavy atom. The number of alkyl carbamates (subject to hydrolysis) is 1. The Morgan fingerprint density at radius 3 is 2.76 bits per heavy atom. The second-order valence-electron chi connectivity index (χ2n) is 4.97. The Kier molecular flexibility index (Phi) is 5.03. The summed E-state index contributed by atoms with van der Waals surface area (Å²) in [5.41, 5.74) is 1.22. The van der Waals surface area contributed by atoms with E-state index in [4.69, 9.17) is 9.47 Å². The molecule has 9 heteroatoms. The highest BCUT2D eigenvalue weighted by atomic mass is 19.1. The van der Waals surface area contributed by atoms with Crippen LogP contribution in [-0.4, -0.2) is 45.7 Å². The molecule has 0 saturated heterocycles. The molecule has 2 heterocycles. The molecule has 130 valence electrons. The molecule has 3 rings (SSSR count). The van der Waals surface area contributed by atoms with Gasteiger partial charge in [0.05, 0.1) is 13.2 Å². The van der Waals surface area contributed by atoms with Crippen molar-refractivity contribution >= 4 is 11.7 Å². The van der Waals surface area contributed by atoms with Crippen LogP contribution < -0.4 is 10.1 Å². The first-order valence-electron chi connectivity index (χ1n) is 7.69. The van der Waals surface area contributed by atoms with Crippen LogP contribution in [0, 0.1) is 5.82 Å². The van der Waals surface area contributed by atoms with Crippen LogP contribution in [0.15, 0.2) is 36.4 Å². The van der Waals surface area contributed by atoms with Gasteiger partial charge >= 0.3 is 6.09 Å². The predicted octanol–water partition coefficient (Wildman–Crippen LogP) is 2.06. The molecule has 0 radical (unpaired) electrons. The van der Waals surface area contributed by atoms with E-state index in [2.05, 4.69) is 20.6 Å². The van der Waals surface area contributed by atoms with E-state index in [-0.39, 0.29) is 19.0 Å². The van der Waals surface area contributed by atoms with E-state index in [0.717, 1.165) is 0 Å². The molecule has 0 aliphatic rings. The maximum Gasteiger partial charge on any atom is 0.407 e. The lowest BCUT2D eigenvalue weighted by Gasteiger charge is -2.07. The highest BCUT2D eigenvalue weighted by Crippen LogP contribution is 2.19. The third kappa shape index (κ3) is 4.00. The molecule has 25 heavy (non-hydrogen) atoms. The van der Waals surface area contributed by atoms with Gasteiger partial charge in [-0.3, -0.25) is 0 Å². The molecule has 8 nitrogen and oxygen atoms in total. The maximum absolute atomic E-state index is 13.1. The first kappa shape index (κ1) is 16.6. The van der Waals surface area contributed by atoms with Crippen molar-refractivity contribution in [2.75, 3.05) is 19.8 Å². The van der Waals surface area contributed by atoms with Crippen LogP contribution in [0.2, 0.25) is 0 Å². The van der Waals surface area contributed by atoms with Crippen LogP contribution in [0.5, 0.6) is 5.88 Å². The summed E-state index contributed by atoms with van der Waals surface area (Å²) in [5.74, 6) is 0.495. The highest BCUT2D eigenvalue weighted by molar-refractivity contribution is 5.67. The number of nitrogens with one attached hydrogen (secondary N) is 1. The lowest BCUT2D eigenvalue weighted by molar-refractivity contribution is 0.149. The number of carbonyl (C=O) groups excluding carboxylic acids is 1. The third-order valence-electron chi connectivity index (χ3n) is 3.24. The normalized spacial score (nSPS) is 10.6. The average Bonchev–Trinajstić information content (AvgIpc) is 3.03. The van der Waals surface area contributed by atoms with Crippen molar-refractivity contribution < 1.29 is 18.7 Å². The molecular formula is C16H16FN5O3. The minimum absolute atomic E-state index is 0.228. The zero-order chi connectivity index (χ0) is 17.6. The van der Waals surface area contributed by atoms with Crippen LogP contribution >= 0.6 is 0 Å². The van der Waals surface area contributed by atoms with E-state index in [1.165, 1.54) is 16.6 Å². The van der Waals surface area contributed by atoms with Gasteiger partial charge in [0.2, 0.25) is 5.88 Å². The van der Waals surface area contributed by atoms with Gasteiger partial charge < -0.3 is 14.8 Å². The number of hydrogen-bond donors (Lipinski definition) is 1. The smallest absolute Gasteiger partial charge is 0.407 e. The lowest BCUT2D eigenvalue weighted by Crippen LogP contribution is -2.28. The molecule has 0 atom stereocenters. The van der Waals surface area contributed by atoms with E-state index < -0.39 is 6.09 Å². The van der Waals surface area contributed by atoms with Gasteiger partial charge in [-0.2, -0.15) is 4.52 Å². The molecule has 0 bridgehead atoms. The molecule has 1 N–H and O–H groups in total. The van der Waals surface area contributed by atoms with Crippen molar-refractivity contribution in [3.05, 3.63) is 42.2 Å². The largest absolute Gasteiger partial charge is 0.475 e. The summed E-state index contributed by atoms with van der Waals surface area (Å²) in [4.78, 5) is 11.2.